The molecule has 19 heteroatoms. The summed E-state index contributed by atoms with van der Waals surface area (Å²) in [7, 11) is 0. The molecule has 0 aromatic carbocycles. The Balaban J connectivity index is 1.38. The number of hydrogen-bond acceptors (Lipinski definition) is 18. The van der Waals surface area contributed by atoms with Gasteiger partial charge in [0, 0.05) is 6.42 Å². The third-order valence-electron chi connectivity index (χ3n) is 18.6. The van der Waals surface area contributed by atoms with Crippen LogP contribution in [0.25, 0.3) is 0 Å². The van der Waals surface area contributed by atoms with Crippen molar-refractivity contribution in [1.82, 2.24) is 5.32 Å². The molecule has 526 valence electrons. The smallest absolute Gasteiger partial charge is 0.220 e. The average Bonchev–Trinajstić information content (AvgIpc) is 1.97. The normalized spacial score (nSPS) is 28.2. The van der Waals surface area contributed by atoms with Gasteiger partial charge >= 0.3 is 0 Å². The van der Waals surface area contributed by atoms with E-state index in [1.807, 2.05) is 0 Å². The molecule has 3 rings (SSSR count). The van der Waals surface area contributed by atoms with Crippen LogP contribution in [0.5, 0.6) is 0 Å². The molecule has 3 aliphatic heterocycles. The van der Waals surface area contributed by atoms with E-state index in [2.05, 4.69) is 31.3 Å². The summed E-state index contributed by atoms with van der Waals surface area (Å²) in [5.41, 5.74) is 0. The molecular weight excluding hydrogens is 1140 g/mol. The van der Waals surface area contributed by atoms with Crippen LogP contribution >= 0.6 is 0 Å². The Morgan fingerprint density at radius 2 is 0.708 bits per heavy atom. The molecule has 0 saturated carbocycles. The highest BCUT2D eigenvalue weighted by Crippen LogP contribution is 2.33. The van der Waals surface area contributed by atoms with E-state index in [1.54, 1.807) is 0 Å². The zero-order chi connectivity index (χ0) is 64.7. The Hall–Kier alpha value is -1.47. The van der Waals surface area contributed by atoms with E-state index < -0.39 is 124 Å². The van der Waals surface area contributed by atoms with Crippen LogP contribution in [-0.2, 0) is 33.2 Å². The minimum absolute atomic E-state index is 0.247. The van der Waals surface area contributed by atoms with E-state index in [0.717, 1.165) is 64.2 Å². The number of carbonyl (C=O) groups excluding carboxylic acids is 1. The fourth-order valence-electron chi connectivity index (χ4n) is 12.7. The van der Waals surface area contributed by atoms with Gasteiger partial charge in [-0.05, 0) is 38.5 Å². The predicted molar refractivity (Wildman–Crippen MR) is 347 cm³/mol. The quantitative estimate of drug-likeness (QED) is 0.0199. The van der Waals surface area contributed by atoms with Gasteiger partial charge in [0.05, 0.1) is 38.6 Å². The number of ether oxygens (including phenoxy) is 6. The van der Waals surface area contributed by atoms with Gasteiger partial charge in [-0.3, -0.25) is 4.79 Å². The van der Waals surface area contributed by atoms with Crippen LogP contribution < -0.4 is 5.32 Å². The summed E-state index contributed by atoms with van der Waals surface area (Å²) < 4.78 is 34.4. The molecule has 17 unspecified atom stereocenters. The van der Waals surface area contributed by atoms with Crippen LogP contribution in [0.3, 0.4) is 0 Å². The summed E-state index contributed by atoms with van der Waals surface area (Å²) in [4.78, 5) is 13.4. The summed E-state index contributed by atoms with van der Waals surface area (Å²) in [6.07, 6.45) is 31.6. The van der Waals surface area contributed by atoms with Crippen LogP contribution in [0, 0.1) is 0 Å². The Labute approximate surface area is 537 Å². The number of amides is 1. The minimum atomic E-state index is -1.97. The molecule has 3 heterocycles. The number of rotatable bonds is 57. The van der Waals surface area contributed by atoms with Crippen molar-refractivity contribution in [2.45, 2.75) is 401 Å². The Bertz CT molecular complexity index is 1670. The van der Waals surface area contributed by atoms with Crippen LogP contribution in [0.4, 0.5) is 0 Å². The standard InChI is InChI=1S/C70H133NO18/c1-3-5-7-9-11-13-15-17-19-20-21-22-23-24-25-26-27-28-29-30-31-32-34-35-37-39-41-43-45-47-54(75)53(71-58(76)48-46-44-42-40-38-36-33-18-16-14-12-10-8-6-4-2)52-84-68-64(82)61(79)66(56(50-73)86-68)89-70-65(83)62(80)67(57(51-74)87-70)88-69-63(81)60(78)59(77)55(49-72)85-69/h18,33,53-57,59-70,72-75,77-83H,3-17,19-32,34-52H2,1-2H3,(H,71,76)/b33-18-. The summed E-state index contributed by atoms with van der Waals surface area (Å²) in [5, 5.41) is 121. The number of allylic oxidation sites excluding steroid dienone is 2. The van der Waals surface area contributed by atoms with Crippen molar-refractivity contribution in [3.05, 3.63) is 12.2 Å². The highest BCUT2D eigenvalue weighted by Gasteiger charge is 2.53. The Morgan fingerprint density at radius 1 is 0.393 bits per heavy atom. The van der Waals surface area contributed by atoms with Crippen LogP contribution in [0.15, 0.2) is 12.2 Å². The number of hydrogen-bond donors (Lipinski definition) is 12. The summed E-state index contributed by atoms with van der Waals surface area (Å²) in [5.74, 6) is -0.247. The number of nitrogens with one attached hydrogen (secondary N) is 1. The molecular formula is C70H133NO18. The number of unbranched alkanes of at least 4 members (excludes halogenated alkanes) is 39. The van der Waals surface area contributed by atoms with Gasteiger partial charge in [0.1, 0.15) is 73.2 Å². The molecule has 3 fully saturated rings. The van der Waals surface area contributed by atoms with Gasteiger partial charge in [-0.2, -0.15) is 0 Å². The first-order valence-corrected chi connectivity index (χ1v) is 36.4. The van der Waals surface area contributed by atoms with Gasteiger partial charge in [0.2, 0.25) is 5.91 Å². The van der Waals surface area contributed by atoms with Crippen molar-refractivity contribution in [1.29, 1.82) is 0 Å². The largest absolute Gasteiger partial charge is 0.394 e. The molecule has 0 radical (unpaired) electrons. The molecule has 0 aromatic heterocycles. The molecule has 0 spiro atoms. The van der Waals surface area contributed by atoms with Crippen molar-refractivity contribution in [3.8, 4) is 0 Å². The van der Waals surface area contributed by atoms with Crippen molar-refractivity contribution in [2.24, 2.45) is 0 Å². The van der Waals surface area contributed by atoms with Crippen LogP contribution in [0.1, 0.15) is 296 Å². The van der Waals surface area contributed by atoms with E-state index >= 15 is 0 Å². The minimum Gasteiger partial charge on any atom is -0.394 e. The second-order valence-electron chi connectivity index (χ2n) is 26.4. The number of aliphatic hydroxyl groups is 11. The van der Waals surface area contributed by atoms with Gasteiger partial charge in [-0.25, -0.2) is 0 Å². The maximum Gasteiger partial charge on any atom is 0.220 e. The highest BCUT2D eigenvalue weighted by atomic mass is 16.8. The molecule has 3 saturated heterocycles. The topological polar surface area (TPSA) is 307 Å². The van der Waals surface area contributed by atoms with Gasteiger partial charge in [-0.15, -0.1) is 0 Å². The van der Waals surface area contributed by atoms with E-state index in [-0.39, 0.29) is 18.9 Å². The fourth-order valence-corrected chi connectivity index (χ4v) is 12.7. The molecule has 1 amide bonds. The maximum absolute atomic E-state index is 13.4. The molecule has 0 aliphatic carbocycles. The number of carbonyl (C=O) groups is 1. The number of aliphatic hydroxyl groups excluding tert-OH is 11. The van der Waals surface area contributed by atoms with Gasteiger partial charge in [0.25, 0.3) is 0 Å². The fraction of sp³-hybridized carbons (Fsp3) is 0.957. The highest BCUT2D eigenvalue weighted by molar-refractivity contribution is 5.76. The molecule has 19 nitrogen and oxygen atoms in total. The SMILES string of the molecule is CCCCCCCC/C=C\CCCCCCCC(=O)NC(COC1OC(CO)C(OC2OC(CO)C(OC3OC(CO)C(O)C(O)C3O)C(O)C2O)C(O)C1O)C(O)CCCCCCCCCCCCCCCCCCCCCCCCCCCCCCC. The Morgan fingerprint density at radius 3 is 1.09 bits per heavy atom. The predicted octanol–water partition coefficient (Wildman–Crippen LogP) is 10.1. The molecule has 3 aliphatic rings. The van der Waals surface area contributed by atoms with E-state index in [9.17, 15) is 61.0 Å². The van der Waals surface area contributed by atoms with Crippen molar-refractivity contribution in [2.75, 3.05) is 26.4 Å². The van der Waals surface area contributed by atoms with Crippen molar-refractivity contribution >= 4 is 5.91 Å². The Kier molecular flexibility index (Phi) is 48.5. The summed E-state index contributed by atoms with van der Waals surface area (Å²) in [6, 6.07) is -0.889. The van der Waals surface area contributed by atoms with Gasteiger partial charge in [-0.1, -0.05) is 264 Å². The first kappa shape index (κ1) is 81.8. The van der Waals surface area contributed by atoms with Crippen LogP contribution in [0.2, 0.25) is 0 Å². The zero-order valence-corrected chi connectivity index (χ0v) is 55.7. The molecule has 89 heavy (non-hydrogen) atoms. The third-order valence-corrected chi connectivity index (χ3v) is 18.6. The third kappa shape index (κ3) is 34.7. The monoisotopic (exact) mass is 1280 g/mol. The first-order chi connectivity index (χ1) is 43.3. The lowest BCUT2D eigenvalue weighted by molar-refractivity contribution is -0.379. The average molecular weight is 1280 g/mol. The van der Waals surface area contributed by atoms with E-state index in [1.165, 1.54) is 199 Å². The lowest BCUT2D eigenvalue weighted by Crippen LogP contribution is -2.66. The second kappa shape index (κ2) is 52.8. The molecule has 17 atom stereocenters. The summed E-state index contributed by atoms with van der Waals surface area (Å²) in [6.45, 7) is 1.82. The van der Waals surface area contributed by atoms with E-state index in [0.29, 0.717) is 12.8 Å². The molecule has 0 bridgehead atoms. The second-order valence-corrected chi connectivity index (χ2v) is 26.4. The molecule has 12 N–H and O–H groups in total. The maximum atomic E-state index is 13.4. The van der Waals surface area contributed by atoms with Crippen LogP contribution in [-0.4, -0.2) is 193 Å². The van der Waals surface area contributed by atoms with Gasteiger partial charge in [0.15, 0.2) is 18.9 Å². The lowest BCUT2D eigenvalue weighted by Gasteiger charge is -2.48. The zero-order valence-electron chi connectivity index (χ0n) is 55.7. The van der Waals surface area contributed by atoms with Gasteiger partial charge < -0.3 is 89.9 Å². The van der Waals surface area contributed by atoms with E-state index in [4.69, 9.17) is 28.4 Å². The lowest BCUT2D eigenvalue weighted by atomic mass is 9.96. The van der Waals surface area contributed by atoms with Crippen molar-refractivity contribution < 1.29 is 89.4 Å². The van der Waals surface area contributed by atoms with Crippen molar-refractivity contribution in [3.63, 3.8) is 0 Å². The molecule has 0 aromatic rings. The first-order valence-electron chi connectivity index (χ1n) is 36.4. The summed E-state index contributed by atoms with van der Waals surface area (Å²) >= 11 is 0.